The summed E-state index contributed by atoms with van der Waals surface area (Å²) in [6.07, 6.45) is 3.54. The van der Waals surface area contributed by atoms with Gasteiger partial charge in [-0.25, -0.2) is 18.1 Å². The number of rotatable bonds is 5. The normalized spacial score (nSPS) is 19.0. The molecule has 1 atom stereocenters. The third-order valence-corrected chi connectivity index (χ3v) is 5.77. The molecule has 23 heavy (non-hydrogen) atoms. The number of fused-ring (bicyclic) bond motifs is 1. The molecule has 126 valence electrons. The van der Waals surface area contributed by atoms with E-state index >= 15 is 0 Å². The number of methoxy groups -OCH3 is 1. The van der Waals surface area contributed by atoms with Crippen molar-refractivity contribution < 1.29 is 13.2 Å². The zero-order chi connectivity index (χ0) is 16.6. The summed E-state index contributed by atoms with van der Waals surface area (Å²) in [5, 5.41) is 8.34. The van der Waals surface area contributed by atoms with Gasteiger partial charge in [0.2, 0.25) is 0 Å². The van der Waals surface area contributed by atoms with E-state index in [2.05, 4.69) is 15.3 Å². The molecule has 1 aliphatic rings. The minimum Gasteiger partial charge on any atom is -0.383 e. The molecule has 3 heterocycles. The van der Waals surface area contributed by atoms with Gasteiger partial charge in [-0.3, -0.25) is 0 Å². The number of imidazole rings is 1. The van der Waals surface area contributed by atoms with Crippen LogP contribution < -0.4 is 0 Å². The predicted molar refractivity (Wildman–Crippen MR) is 81.1 cm³/mol. The van der Waals surface area contributed by atoms with Gasteiger partial charge in [0.1, 0.15) is 5.69 Å². The fraction of sp³-hybridized carbons (Fsp3) is 0.615. The molecule has 0 spiro atoms. The summed E-state index contributed by atoms with van der Waals surface area (Å²) in [5.74, 6) is 0. The molecule has 0 radical (unpaired) electrons. The lowest BCUT2D eigenvalue weighted by molar-refractivity contribution is 0.125. The second-order valence-electron chi connectivity index (χ2n) is 5.45. The summed E-state index contributed by atoms with van der Waals surface area (Å²) in [5.41, 5.74) is 1.64. The first-order chi connectivity index (χ1) is 11.0. The SMILES string of the molecule is CCn1nnc2c1CCN(S(=O)(=O)c1cn(C)cn1)C2COC. The molecule has 1 aliphatic heterocycles. The number of nitrogens with zero attached hydrogens (tertiary/aromatic N) is 6. The first-order valence-corrected chi connectivity index (χ1v) is 8.84. The van der Waals surface area contributed by atoms with Crippen LogP contribution in [0, 0.1) is 0 Å². The van der Waals surface area contributed by atoms with Gasteiger partial charge < -0.3 is 9.30 Å². The molecule has 0 aromatic carbocycles. The van der Waals surface area contributed by atoms with Crippen molar-refractivity contribution in [2.24, 2.45) is 7.05 Å². The maximum Gasteiger partial charge on any atom is 0.262 e. The first-order valence-electron chi connectivity index (χ1n) is 7.40. The number of sulfonamides is 1. The quantitative estimate of drug-likeness (QED) is 0.758. The summed E-state index contributed by atoms with van der Waals surface area (Å²) in [6.45, 7) is 3.26. The van der Waals surface area contributed by atoms with E-state index in [4.69, 9.17) is 4.74 Å². The third kappa shape index (κ3) is 2.66. The van der Waals surface area contributed by atoms with Crippen LogP contribution in [0.25, 0.3) is 0 Å². The zero-order valence-electron chi connectivity index (χ0n) is 13.4. The molecule has 0 N–H and O–H groups in total. The average molecular weight is 340 g/mol. The fourth-order valence-corrected chi connectivity index (χ4v) is 4.42. The van der Waals surface area contributed by atoms with Gasteiger partial charge in [-0.1, -0.05) is 5.21 Å². The van der Waals surface area contributed by atoms with Crippen LogP contribution in [0.5, 0.6) is 0 Å². The van der Waals surface area contributed by atoms with E-state index in [0.29, 0.717) is 25.2 Å². The maximum atomic E-state index is 12.9. The standard InChI is InChI=1S/C13H20N6O3S/c1-4-18-10-5-6-19(11(8-22-3)13(10)15-16-18)23(20,21)12-7-17(2)9-14-12/h7,9,11H,4-6,8H2,1-3H3. The lowest BCUT2D eigenvalue weighted by atomic mass is 10.1. The molecular weight excluding hydrogens is 320 g/mol. The Kier molecular flexibility index (Phi) is 4.21. The molecule has 3 rings (SSSR count). The molecule has 0 saturated heterocycles. The van der Waals surface area contributed by atoms with Crippen LogP contribution in [0.2, 0.25) is 0 Å². The van der Waals surface area contributed by atoms with Gasteiger partial charge in [0.25, 0.3) is 10.0 Å². The number of ether oxygens (including phenoxy) is 1. The Morgan fingerprint density at radius 1 is 1.43 bits per heavy atom. The monoisotopic (exact) mass is 340 g/mol. The van der Waals surface area contributed by atoms with Crippen LogP contribution in [-0.4, -0.2) is 57.5 Å². The summed E-state index contributed by atoms with van der Waals surface area (Å²) < 4.78 is 35.9. The Morgan fingerprint density at radius 3 is 2.83 bits per heavy atom. The number of aryl methyl sites for hydroxylation is 2. The minimum absolute atomic E-state index is 0.0347. The van der Waals surface area contributed by atoms with Crippen LogP contribution in [-0.2, 0) is 34.8 Å². The van der Waals surface area contributed by atoms with Gasteiger partial charge in [0, 0.05) is 39.9 Å². The zero-order valence-corrected chi connectivity index (χ0v) is 14.2. The molecule has 0 fully saturated rings. The second kappa shape index (κ2) is 6.02. The van der Waals surface area contributed by atoms with E-state index in [1.807, 2.05) is 11.6 Å². The van der Waals surface area contributed by atoms with Crippen LogP contribution in [0.15, 0.2) is 17.6 Å². The van der Waals surface area contributed by atoms with E-state index in [0.717, 1.165) is 5.69 Å². The fourth-order valence-electron chi connectivity index (χ4n) is 2.87. The summed E-state index contributed by atoms with van der Waals surface area (Å²) in [7, 11) is -0.427. The largest absolute Gasteiger partial charge is 0.383 e. The lowest BCUT2D eigenvalue weighted by Gasteiger charge is -2.32. The predicted octanol–water partition coefficient (Wildman–Crippen LogP) is -0.0340. The van der Waals surface area contributed by atoms with Crippen LogP contribution >= 0.6 is 0 Å². The number of aromatic nitrogens is 5. The molecular formula is C13H20N6O3S. The maximum absolute atomic E-state index is 12.9. The van der Waals surface area contributed by atoms with Crippen molar-refractivity contribution in [2.45, 2.75) is 31.0 Å². The molecule has 1 unspecified atom stereocenters. The molecule has 0 saturated carbocycles. The topological polar surface area (TPSA) is 95.1 Å². The number of hydrogen-bond donors (Lipinski definition) is 0. The Morgan fingerprint density at radius 2 is 2.22 bits per heavy atom. The highest BCUT2D eigenvalue weighted by molar-refractivity contribution is 7.89. The van der Waals surface area contributed by atoms with E-state index in [1.54, 1.807) is 18.7 Å². The van der Waals surface area contributed by atoms with Crippen molar-refractivity contribution in [2.75, 3.05) is 20.3 Å². The smallest absolute Gasteiger partial charge is 0.262 e. The Bertz CT molecular complexity index is 796. The summed E-state index contributed by atoms with van der Waals surface area (Å²) in [4.78, 5) is 3.99. The van der Waals surface area contributed by atoms with E-state index in [-0.39, 0.29) is 11.6 Å². The number of hydrogen-bond acceptors (Lipinski definition) is 6. The van der Waals surface area contributed by atoms with Gasteiger partial charge in [-0.15, -0.1) is 5.10 Å². The Hall–Kier alpha value is -1.78. The van der Waals surface area contributed by atoms with Crippen LogP contribution in [0.4, 0.5) is 0 Å². The Balaban J connectivity index is 2.02. The van der Waals surface area contributed by atoms with Gasteiger partial charge in [0.05, 0.1) is 24.7 Å². The van der Waals surface area contributed by atoms with Gasteiger partial charge in [-0.2, -0.15) is 4.31 Å². The molecule has 0 aliphatic carbocycles. The van der Waals surface area contributed by atoms with E-state index in [9.17, 15) is 8.42 Å². The van der Waals surface area contributed by atoms with E-state index < -0.39 is 16.1 Å². The lowest BCUT2D eigenvalue weighted by Crippen LogP contribution is -2.42. The molecule has 9 nitrogen and oxygen atoms in total. The third-order valence-electron chi connectivity index (χ3n) is 3.98. The molecule has 0 bridgehead atoms. The molecule has 10 heteroatoms. The van der Waals surface area contributed by atoms with Crippen molar-refractivity contribution in [1.82, 2.24) is 28.9 Å². The van der Waals surface area contributed by atoms with Gasteiger partial charge in [0.15, 0.2) is 5.03 Å². The highest BCUT2D eigenvalue weighted by Gasteiger charge is 2.40. The van der Waals surface area contributed by atoms with Crippen molar-refractivity contribution in [1.29, 1.82) is 0 Å². The average Bonchev–Trinajstić information content (AvgIpc) is 3.14. The van der Waals surface area contributed by atoms with Crippen molar-refractivity contribution in [3.8, 4) is 0 Å². The van der Waals surface area contributed by atoms with Crippen LogP contribution in [0.1, 0.15) is 24.4 Å². The van der Waals surface area contributed by atoms with Crippen molar-refractivity contribution in [3.63, 3.8) is 0 Å². The highest BCUT2D eigenvalue weighted by Crippen LogP contribution is 2.32. The van der Waals surface area contributed by atoms with Gasteiger partial charge in [-0.05, 0) is 6.92 Å². The van der Waals surface area contributed by atoms with Crippen molar-refractivity contribution in [3.05, 3.63) is 23.9 Å². The second-order valence-corrected chi connectivity index (χ2v) is 7.29. The first kappa shape index (κ1) is 16.1. The van der Waals surface area contributed by atoms with Gasteiger partial charge >= 0.3 is 0 Å². The molecule has 0 amide bonds. The van der Waals surface area contributed by atoms with E-state index in [1.165, 1.54) is 16.8 Å². The van der Waals surface area contributed by atoms with Crippen molar-refractivity contribution >= 4 is 10.0 Å². The Labute approximate surface area is 134 Å². The minimum atomic E-state index is -3.71. The summed E-state index contributed by atoms with van der Waals surface area (Å²) in [6, 6.07) is -0.490. The molecule has 2 aromatic heterocycles. The highest BCUT2D eigenvalue weighted by atomic mass is 32.2. The molecule has 2 aromatic rings. The van der Waals surface area contributed by atoms with Crippen LogP contribution in [0.3, 0.4) is 0 Å². The summed E-state index contributed by atoms with van der Waals surface area (Å²) >= 11 is 0.